The predicted molar refractivity (Wildman–Crippen MR) is 101 cm³/mol. The van der Waals surface area contributed by atoms with E-state index in [0.29, 0.717) is 11.3 Å². The van der Waals surface area contributed by atoms with Crippen molar-refractivity contribution in [1.29, 1.82) is 0 Å². The van der Waals surface area contributed by atoms with Crippen LogP contribution in [-0.2, 0) is 28.6 Å². The maximum atomic E-state index is 12.9. The number of methoxy groups -OCH3 is 2. The van der Waals surface area contributed by atoms with Gasteiger partial charge in [0.25, 0.3) is 0 Å². The van der Waals surface area contributed by atoms with Crippen LogP contribution in [0.2, 0.25) is 0 Å². The van der Waals surface area contributed by atoms with Crippen molar-refractivity contribution in [2.75, 3.05) is 27.4 Å². The lowest BCUT2D eigenvalue weighted by Gasteiger charge is -2.26. The first kappa shape index (κ1) is 21.2. The van der Waals surface area contributed by atoms with E-state index in [9.17, 15) is 14.4 Å². The topological polar surface area (TPSA) is 88.1 Å². The monoisotopic (exact) mass is 388 g/mol. The molecule has 0 aromatic heterocycles. The zero-order chi connectivity index (χ0) is 20.7. The van der Waals surface area contributed by atoms with Crippen LogP contribution in [-0.4, -0.2) is 45.3 Å². The maximum Gasteiger partial charge on any atom is 0.333 e. The fraction of sp³-hybridized carbons (Fsp3) is 0.381. The van der Waals surface area contributed by atoms with Gasteiger partial charge < -0.3 is 18.9 Å². The first-order chi connectivity index (χ1) is 13.4. The van der Waals surface area contributed by atoms with E-state index in [1.807, 2.05) is 0 Å². The average Bonchev–Trinajstić information content (AvgIpc) is 3.08. The molecule has 1 aromatic carbocycles. The molecular formula is C21H24O7. The molecular weight excluding hydrogens is 364 g/mol. The molecule has 7 nitrogen and oxygen atoms in total. The zero-order valence-electron chi connectivity index (χ0n) is 16.4. The summed E-state index contributed by atoms with van der Waals surface area (Å²) in [5, 5.41) is 0. The Morgan fingerprint density at radius 3 is 2.04 bits per heavy atom. The summed E-state index contributed by atoms with van der Waals surface area (Å²) in [5.74, 6) is -1.47. The van der Waals surface area contributed by atoms with Gasteiger partial charge in [-0.15, -0.1) is 0 Å². The average molecular weight is 388 g/mol. The molecule has 0 spiro atoms. The number of esters is 3. The molecule has 1 aliphatic rings. The minimum absolute atomic E-state index is 0.0867. The van der Waals surface area contributed by atoms with E-state index in [1.165, 1.54) is 13.2 Å². The van der Waals surface area contributed by atoms with E-state index >= 15 is 0 Å². The molecule has 0 heterocycles. The van der Waals surface area contributed by atoms with Gasteiger partial charge in [0.1, 0.15) is 5.75 Å². The lowest BCUT2D eigenvalue weighted by atomic mass is 9.79. The van der Waals surface area contributed by atoms with Gasteiger partial charge in [-0.25, -0.2) is 4.79 Å². The van der Waals surface area contributed by atoms with E-state index in [0.717, 1.165) is 5.56 Å². The Morgan fingerprint density at radius 2 is 1.57 bits per heavy atom. The van der Waals surface area contributed by atoms with Gasteiger partial charge in [-0.1, -0.05) is 12.1 Å². The molecule has 0 amide bonds. The van der Waals surface area contributed by atoms with Crippen LogP contribution in [0, 0.1) is 5.41 Å². The van der Waals surface area contributed by atoms with Crippen molar-refractivity contribution >= 4 is 24.0 Å². The van der Waals surface area contributed by atoms with Gasteiger partial charge in [-0.2, -0.15) is 0 Å². The summed E-state index contributed by atoms with van der Waals surface area (Å²) in [5.41, 5.74) is -0.524. The van der Waals surface area contributed by atoms with Crippen LogP contribution in [0.15, 0.2) is 41.5 Å². The summed E-state index contributed by atoms with van der Waals surface area (Å²) in [7, 11) is 2.80. The lowest BCUT2D eigenvalue weighted by Crippen LogP contribution is -2.42. The molecule has 7 heteroatoms. The van der Waals surface area contributed by atoms with Gasteiger partial charge in [0.15, 0.2) is 5.41 Å². The van der Waals surface area contributed by atoms with Crippen molar-refractivity contribution in [1.82, 2.24) is 0 Å². The van der Waals surface area contributed by atoms with E-state index in [2.05, 4.69) is 0 Å². The minimum Gasteiger partial charge on any atom is -0.497 e. The molecule has 150 valence electrons. The molecule has 0 fully saturated rings. The largest absolute Gasteiger partial charge is 0.497 e. The Morgan fingerprint density at radius 1 is 1.00 bits per heavy atom. The molecule has 0 N–H and O–H groups in total. The van der Waals surface area contributed by atoms with Crippen LogP contribution < -0.4 is 4.74 Å². The Kier molecular flexibility index (Phi) is 6.98. The zero-order valence-corrected chi connectivity index (χ0v) is 16.4. The van der Waals surface area contributed by atoms with Gasteiger partial charge in [-0.3, -0.25) is 9.59 Å². The molecule has 0 radical (unpaired) electrons. The second-order valence-corrected chi connectivity index (χ2v) is 6.06. The summed E-state index contributed by atoms with van der Waals surface area (Å²) >= 11 is 0. The van der Waals surface area contributed by atoms with Crippen LogP contribution in [0.4, 0.5) is 0 Å². The second-order valence-electron chi connectivity index (χ2n) is 6.06. The molecule has 0 aliphatic heterocycles. The van der Waals surface area contributed by atoms with Gasteiger partial charge >= 0.3 is 17.9 Å². The van der Waals surface area contributed by atoms with E-state index in [4.69, 9.17) is 18.9 Å². The number of benzene rings is 1. The third-order valence-corrected chi connectivity index (χ3v) is 4.41. The number of ether oxygens (including phenoxy) is 4. The summed E-state index contributed by atoms with van der Waals surface area (Å²) in [4.78, 5) is 37.8. The van der Waals surface area contributed by atoms with E-state index in [1.54, 1.807) is 51.3 Å². The molecule has 0 saturated carbocycles. The number of carbonyl (C=O) groups is 3. The number of allylic oxidation sites excluding steroid dienone is 1. The molecule has 0 saturated heterocycles. The van der Waals surface area contributed by atoms with Crippen LogP contribution in [0.5, 0.6) is 5.75 Å². The quantitative estimate of drug-likeness (QED) is 0.403. The summed E-state index contributed by atoms with van der Waals surface area (Å²) in [6, 6.07) is 7.05. The predicted octanol–water partition coefficient (Wildman–Crippen LogP) is 2.69. The molecule has 0 atom stereocenters. The lowest BCUT2D eigenvalue weighted by molar-refractivity contribution is -0.168. The minimum atomic E-state index is -1.75. The SMILES string of the molecule is CCOC(=O)C1(C(=O)OCC)CC(C(=O)OC)=C/C1=C/c1ccc(OC)cc1. The molecule has 1 aromatic rings. The van der Waals surface area contributed by atoms with E-state index < -0.39 is 23.3 Å². The Balaban J connectivity index is 2.61. The smallest absolute Gasteiger partial charge is 0.333 e. The highest BCUT2D eigenvalue weighted by molar-refractivity contribution is 6.09. The van der Waals surface area contributed by atoms with Gasteiger partial charge in [0.2, 0.25) is 0 Å². The molecule has 28 heavy (non-hydrogen) atoms. The molecule has 0 bridgehead atoms. The second kappa shape index (κ2) is 9.21. The van der Waals surface area contributed by atoms with Crippen LogP contribution in [0.1, 0.15) is 25.8 Å². The van der Waals surface area contributed by atoms with Crippen molar-refractivity contribution in [3.8, 4) is 5.75 Å². The Hall–Kier alpha value is -3.09. The third-order valence-electron chi connectivity index (χ3n) is 4.41. The highest BCUT2D eigenvalue weighted by Gasteiger charge is 2.55. The molecule has 1 aliphatic carbocycles. The highest BCUT2D eigenvalue weighted by Crippen LogP contribution is 2.45. The summed E-state index contributed by atoms with van der Waals surface area (Å²) in [6.07, 6.45) is 2.96. The van der Waals surface area contributed by atoms with Gasteiger partial charge in [0.05, 0.1) is 27.4 Å². The molecule has 0 unspecified atom stereocenters. The Bertz CT molecular complexity index is 785. The highest BCUT2D eigenvalue weighted by atomic mass is 16.6. The van der Waals surface area contributed by atoms with Crippen molar-refractivity contribution in [2.45, 2.75) is 20.3 Å². The van der Waals surface area contributed by atoms with Crippen molar-refractivity contribution in [3.05, 3.63) is 47.1 Å². The number of carbonyl (C=O) groups excluding carboxylic acids is 3. The number of hydrogen-bond acceptors (Lipinski definition) is 7. The third kappa shape index (κ3) is 4.08. The fourth-order valence-electron chi connectivity index (χ4n) is 3.03. The fourth-order valence-corrected chi connectivity index (χ4v) is 3.03. The van der Waals surface area contributed by atoms with Crippen molar-refractivity contribution in [2.24, 2.45) is 5.41 Å². The summed E-state index contributed by atoms with van der Waals surface area (Å²) in [6.45, 7) is 3.47. The maximum absolute atomic E-state index is 12.9. The van der Waals surface area contributed by atoms with Crippen molar-refractivity contribution < 1.29 is 33.3 Å². The van der Waals surface area contributed by atoms with Gasteiger partial charge in [-0.05, 0) is 49.3 Å². The van der Waals surface area contributed by atoms with Crippen molar-refractivity contribution in [3.63, 3.8) is 0 Å². The van der Waals surface area contributed by atoms with E-state index in [-0.39, 0.29) is 25.2 Å². The molecule has 2 rings (SSSR count). The normalized spacial score (nSPS) is 16.3. The number of rotatable bonds is 7. The first-order valence-corrected chi connectivity index (χ1v) is 8.92. The summed E-state index contributed by atoms with van der Waals surface area (Å²) < 4.78 is 20.3. The number of hydrogen-bond donors (Lipinski definition) is 0. The first-order valence-electron chi connectivity index (χ1n) is 8.92. The standard InChI is InChI=1S/C21H24O7/c1-5-27-19(23)21(20(24)28-6-2)13-15(18(22)26-4)12-16(21)11-14-7-9-17(25-3)10-8-14/h7-12H,5-6,13H2,1-4H3/b16-11-. The van der Waals surface area contributed by atoms with Crippen LogP contribution >= 0.6 is 0 Å². The Labute approximate surface area is 163 Å². The van der Waals surface area contributed by atoms with Gasteiger partial charge in [0, 0.05) is 12.0 Å². The van der Waals surface area contributed by atoms with Crippen LogP contribution in [0.25, 0.3) is 6.08 Å². The van der Waals surface area contributed by atoms with Crippen LogP contribution in [0.3, 0.4) is 0 Å².